The van der Waals surface area contributed by atoms with E-state index in [0.717, 1.165) is 5.56 Å². The van der Waals surface area contributed by atoms with Crippen LogP contribution in [0.2, 0.25) is 0 Å². The van der Waals surface area contributed by atoms with Gasteiger partial charge in [0.1, 0.15) is 12.1 Å². The van der Waals surface area contributed by atoms with Crippen LogP contribution in [-0.2, 0) is 0 Å². The van der Waals surface area contributed by atoms with E-state index in [0.29, 0.717) is 45.5 Å². The number of nitrogens with one attached hydrogen (secondary N) is 1. The summed E-state index contributed by atoms with van der Waals surface area (Å²) in [6.07, 6.45) is 3.03. The molecule has 0 bridgehead atoms. The molecule has 10 heteroatoms. The number of ether oxygens (including phenoxy) is 3. The first kappa shape index (κ1) is 21.0. The van der Waals surface area contributed by atoms with Crippen molar-refractivity contribution in [2.45, 2.75) is 6.92 Å². The van der Waals surface area contributed by atoms with Gasteiger partial charge in [0.15, 0.2) is 23.0 Å². The molecule has 2 aromatic heterocycles. The minimum absolute atomic E-state index is 0.319. The van der Waals surface area contributed by atoms with Crippen LogP contribution in [0.1, 0.15) is 11.3 Å². The Morgan fingerprint density at radius 2 is 1.69 bits per heavy atom. The lowest BCUT2D eigenvalue weighted by atomic mass is 10.2. The maximum absolute atomic E-state index is 13.3. The summed E-state index contributed by atoms with van der Waals surface area (Å²) in [6.45, 7) is 1.85. The van der Waals surface area contributed by atoms with Crippen molar-refractivity contribution in [1.82, 2.24) is 19.7 Å². The summed E-state index contributed by atoms with van der Waals surface area (Å²) in [5.41, 5.74) is 5.65. The van der Waals surface area contributed by atoms with E-state index in [1.54, 1.807) is 56.5 Å². The van der Waals surface area contributed by atoms with Crippen LogP contribution in [0, 0.1) is 12.7 Å². The van der Waals surface area contributed by atoms with Gasteiger partial charge in [-0.1, -0.05) is 0 Å². The lowest BCUT2D eigenvalue weighted by molar-refractivity contribution is 0.324. The van der Waals surface area contributed by atoms with Crippen LogP contribution in [0.15, 0.2) is 47.8 Å². The summed E-state index contributed by atoms with van der Waals surface area (Å²) in [5.74, 6) is 1.72. The van der Waals surface area contributed by atoms with Gasteiger partial charge in [0.25, 0.3) is 0 Å². The molecule has 0 saturated carbocycles. The summed E-state index contributed by atoms with van der Waals surface area (Å²) < 4.78 is 31.0. The van der Waals surface area contributed by atoms with Crippen molar-refractivity contribution >= 4 is 23.1 Å². The SMILES string of the molecule is COc1cc(/C=N/Nc2ncnc3c2c(C)nn3-c2ccc(F)cc2)cc(OC)c1OC. The molecule has 4 aromatic rings. The van der Waals surface area contributed by atoms with E-state index in [2.05, 4.69) is 25.6 Å². The van der Waals surface area contributed by atoms with Gasteiger partial charge in [0, 0.05) is 5.56 Å². The molecule has 0 fully saturated rings. The van der Waals surface area contributed by atoms with Gasteiger partial charge >= 0.3 is 0 Å². The predicted molar refractivity (Wildman–Crippen MR) is 119 cm³/mol. The minimum atomic E-state index is -0.319. The van der Waals surface area contributed by atoms with Gasteiger partial charge in [0.2, 0.25) is 5.75 Å². The Morgan fingerprint density at radius 3 is 2.31 bits per heavy atom. The molecule has 0 aliphatic rings. The molecule has 9 nitrogen and oxygen atoms in total. The number of methoxy groups -OCH3 is 3. The number of rotatable bonds is 7. The molecule has 164 valence electrons. The van der Waals surface area contributed by atoms with Crippen LogP contribution in [0.3, 0.4) is 0 Å². The normalized spacial score (nSPS) is 11.2. The second-order valence-electron chi connectivity index (χ2n) is 6.72. The number of aryl methyl sites for hydroxylation is 1. The van der Waals surface area contributed by atoms with Crippen LogP contribution in [0.5, 0.6) is 17.2 Å². The molecule has 0 amide bonds. The van der Waals surface area contributed by atoms with Crippen LogP contribution < -0.4 is 19.6 Å². The third-order valence-corrected chi connectivity index (χ3v) is 4.78. The number of hydrogen-bond donors (Lipinski definition) is 1. The van der Waals surface area contributed by atoms with E-state index in [-0.39, 0.29) is 5.82 Å². The standard InChI is InChI=1S/C22H21FN6O3/c1-13-19-21(24-12-25-22(19)29(28-13)16-7-5-15(23)6-8-16)27-26-11-14-9-17(30-2)20(32-4)18(10-14)31-3/h5-12H,1-4H3,(H,24,25,27)/b26-11+. The van der Waals surface area contributed by atoms with Crippen molar-refractivity contribution in [1.29, 1.82) is 0 Å². The molecule has 32 heavy (non-hydrogen) atoms. The van der Waals surface area contributed by atoms with E-state index >= 15 is 0 Å². The number of anilines is 1. The molecule has 0 aliphatic carbocycles. The van der Waals surface area contributed by atoms with Gasteiger partial charge in [-0.05, 0) is 43.3 Å². The van der Waals surface area contributed by atoms with Crippen molar-refractivity contribution in [3.05, 3.63) is 59.8 Å². The van der Waals surface area contributed by atoms with Crippen molar-refractivity contribution in [2.24, 2.45) is 5.10 Å². The molecular weight excluding hydrogens is 415 g/mol. The van der Waals surface area contributed by atoms with E-state index in [1.807, 2.05) is 6.92 Å². The number of benzene rings is 2. The largest absolute Gasteiger partial charge is 0.493 e. The fourth-order valence-electron chi connectivity index (χ4n) is 3.31. The number of fused-ring (bicyclic) bond motifs is 1. The second-order valence-corrected chi connectivity index (χ2v) is 6.72. The fourth-order valence-corrected chi connectivity index (χ4v) is 3.31. The van der Waals surface area contributed by atoms with Crippen LogP contribution >= 0.6 is 0 Å². The smallest absolute Gasteiger partial charge is 0.203 e. The Bertz CT molecular complexity index is 1260. The molecule has 0 saturated heterocycles. The second kappa shape index (κ2) is 8.88. The summed E-state index contributed by atoms with van der Waals surface area (Å²) in [7, 11) is 4.65. The van der Waals surface area contributed by atoms with Crippen molar-refractivity contribution in [3.63, 3.8) is 0 Å². The summed E-state index contributed by atoms with van der Waals surface area (Å²) in [5, 5.41) is 9.54. The number of hydrazone groups is 1. The van der Waals surface area contributed by atoms with Gasteiger partial charge in [-0.2, -0.15) is 10.2 Å². The molecule has 0 spiro atoms. The zero-order valence-electron chi connectivity index (χ0n) is 18.0. The number of halogens is 1. The quantitative estimate of drug-likeness (QED) is 0.348. The van der Waals surface area contributed by atoms with Crippen LogP contribution in [-0.4, -0.2) is 47.3 Å². The van der Waals surface area contributed by atoms with Gasteiger partial charge in [-0.15, -0.1) is 0 Å². The van der Waals surface area contributed by atoms with E-state index in [4.69, 9.17) is 14.2 Å². The molecule has 0 unspecified atom stereocenters. The third kappa shape index (κ3) is 3.89. The lowest BCUT2D eigenvalue weighted by Crippen LogP contribution is -2.00. The first-order valence-electron chi connectivity index (χ1n) is 9.61. The zero-order valence-corrected chi connectivity index (χ0v) is 18.0. The number of hydrogen-bond acceptors (Lipinski definition) is 8. The Balaban J connectivity index is 1.66. The molecule has 0 atom stereocenters. The monoisotopic (exact) mass is 436 g/mol. The number of aromatic nitrogens is 4. The summed E-state index contributed by atoms with van der Waals surface area (Å²) >= 11 is 0. The topological polar surface area (TPSA) is 95.7 Å². The molecule has 0 radical (unpaired) electrons. The Kier molecular flexibility index (Phi) is 5.84. The van der Waals surface area contributed by atoms with Gasteiger partial charge < -0.3 is 14.2 Å². The summed E-state index contributed by atoms with van der Waals surface area (Å²) in [6, 6.07) is 9.58. The van der Waals surface area contributed by atoms with Crippen molar-refractivity contribution in [2.75, 3.05) is 26.8 Å². The Labute approximate surface area is 183 Å². The maximum Gasteiger partial charge on any atom is 0.203 e. The van der Waals surface area contributed by atoms with Gasteiger partial charge in [-0.3, -0.25) is 5.43 Å². The highest BCUT2D eigenvalue weighted by atomic mass is 19.1. The Morgan fingerprint density at radius 1 is 1.00 bits per heavy atom. The Hall–Kier alpha value is -4.21. The van der Waals surface area contributed by atoms with E-state index in [9.17, 15) is 4.39 Å². The van der Waals surface area contributed by atoms with E-state index in [1.165, 1.54) is 18.5 Å². The van der Waals surface area contributed by atoms with Crippen molar-refractivity contribution in [3.8, 4) is 22.9 Å². The lowest BCUT2D eigenvalue weighted by Gasteiger charge is -2.12. The number of nitrogens with zero attached hydrogens (tertiary/aromatic N) is 5. The molecule has 1 N–H and O–H groups in total. The van der Waals surface area contributed by atoms with E-state index < -0.39 is 0 Å². The fraction of sp³-hybridized carbons (Fsp3) is 0.182. The first-order chi connectivity index (χ1) is 15.5. The maximum atomic E-state index is 13.3. The van der Waals surface area contributed by atoms with Crippen LogP contribution in [0.4, 0.5) is 10.2 Å². The molecule has 0 aliphatic heterocycles. The van der Waals surface area contributed by atoms with Crippen molar-refractivity contribution < 1.29 is 18.6 Å². The molecule has 2 heterocycles. The van der Waals surface area contributed by atoms with Gasteiger partial charge in [-0.25, -0.2) is 19.0 Å². The third-order valence-electron chi connectivity index (χ3n) is 4.78. The molecule has 2 aromatic carbocycles. The van der Waals surface area contributed by atoms with Gasteiger partial charge in [0.05, 0.1) is 44.3 Å². The molecular formula is C22H21FN6O3. The molecule has 4 rings (SSSR count). The highest BCUT2D eigenvalue weighted by Gasteiger charge is 2.15. The van der Waals surface area contributed by atoms with Crippen LogP contribution in [0.25, 0.3) is 16.7 Å². The minimum Gasteiger partial charge on any atom is -0.493 e. The predicted octanol–water partition coefficient (Wildman–Crippen LogP) is 3.73. The highest BCUT2D eigenvalue weighted by Crippen LogP contribution is 2.37. The zero-order chi connectivity index (χ0) is 22.7. The average Bonchev–Trinajstić information content (AvgIpc) is 3.16. The summed E-state index contributed by atoms with van der Waals surface area (Å²) in [4.78, 5) is 8.65. The first-order valence-corrected chi connectivity index (χ1v) is 9.61. The average molecular weight is 436 g/mol. The highest BCUT2D eigenvalue weighted by molar-refractivity contribution is 5.91.